The Morgan fingerprint density at radius 1 is 0.649 bits per heavy atom. The zero-order valence-corrected chi connectivity index (χ0v) is 31.8. The topological polar surface area (TPSA) is 57.4 Å². The average molecular weight is 749 g/mol. The van der Waals surface area contributed by atoms with Gasteiger partial charge in [0.1, 0.15) is 12.1 Å². The van der Waals surface area contributed by atoms with E-state index in [9.17, 15) is 23.7 Å². The number of alkyl halides is 3. The van der Waals surface area contributed by atoms with Crippen LogP contribution >= 0.6 is 0 Å². The van der Waals surface area contributed by atoms with E-state index >= 15 is 0 Å². The maximum absolute atomic E-state index is 14.3. The fourth-order valence-electron chi connectivity index (χ4n) is 9.35. The predicted molar refractivity (Wildman–Crippen MR) is 222 cm³/mol. The van der Waals surface area contributed by atoms with Crippen molar-refractivity contribution in [3.63, 3.8) is 0 Å². The van der Waals surface area contributed by atoms with Crippen molar-refractivity contribution in [1.29, 1.82) is 10.5 Å². The largest absolute Gasteiger partial charge is 0.416 e. The summed E-state index contributed by atoms with van der Waals surface area (Å²) < 4.78 is 47.1. The first-order valence-electron chi connectivity index (χ1n) is 19.0. The molecule has 2 heterocycles. The molecule has 4 nitrogen and oxygen atoms in total. The lowest BCUT2D eigenvalue weighted by molar-refractivity contribution is -0.137. The van der Waals surface area contributed by atoms with Crippen molar-refractivity contribution < 1.29 is 13.2 Å². The smallest absolute Gasteiger partial charge is 0.308 e. The molecule has 2 atom stereocenters. The number of aromatic nitrogens is 2. The SMILES string of the molecule is Cc1ccc2c(c1)c1c(n2-c2c(C#N)cc(C#N)c(-n3c4ccc(C)cc4c4cc(C)ccc43)c2-c2ccccc2-c2cccc(C(F)(F)F)c2)C=CC2(C)CC12. The molecule has 0 aliphatic heterocycles. The Kier molecular flexibility index (Phi) is 7.34. The van der Waals surface area contributed by atoms with Gasteiger partial charge in [0, 0.05) is 21.7 Å². The molecule has 2 aliphatic carbocycles. The van der Waals surface area contributed by atoms with Crippen LogP contribution in [0.5, 0.6) is 0 Å². The molecule has 8 aromatic rings. The number of aryl methyl sites for hydroxylation is 3. The van der Waals surface area contributed by atoms with Gasteiger partial charge in [-0.15, -0.1) is 0 Å². The molecular formula is C50H35F3N4. The molecule has 1 saturated carbocycles. The van der Waals surface area contributed by atoms with Crippen molar-refractivity contribution in [3.05, 3.63) is 160 Å². The number of nitriles is 2. The molecule has 6 aromatic carbocycles. The quantitative estimate of drug-likeness (QED) is 0.180. The van der Waals surface area contributed by atoms with Crippen molar-refractivity contribution in [2.24, 2.45) is 5.41 Å². The summed E-state index contributed by atoms with van der Waals surface area (Å²) in [4.78, 5) is 0. The third kappa shape index (κ3) is 5.12. The molecule has 2 aliphatic rings. The average Bonchev–Trinajstić information content (AvgIpc) is 3.67. The second kappa shape index (κ2) is 12.1. The highest BCUT2D eigenvalue weighted by atomic mass is 19.4. The molecule has 0 N–H and O–H groups in total. The lowest BCUT2D eigenvalue weighted by Crippen LogP contribution is -2.11. The monoisotopic (exact) mass is 748 g/mol. The molecule has 0 saturated heterocycles. The fourth-order valence-corrected chi connectivity index (χ4v) is 9.35. The third-order valence-electron chi connectivity index (χ3n) is 12.2. The number of halogens is 3. The molecule has 0 radical (unpaired) electrons. The highest BCUT2D eigenvalue weighted by Gasteiger charge is 2.53. The molecule has 57 heavy (non-hydrogen) atoms. The van der Waals surface area contributed by atoms with Crippen molar-refractivity contribution in [3.8, 4) is 45.8 Å². The molecule has 0 bridgehead atoms. The van der Waals surface area contributed by atoms with Crippen molar-refractivity contribution in [1.82, 2.24) is 9.13 Å². The van der Waals surface area contributed by atoms with Gasteiger partial charge in [-0.3, -0.25) is 0 Å². The first kappa shape index (κ1) is 34.6. The van der Waals surface area contributed by atoms with Gasteiger partial charge in [0.05, 0.1) is 50.3 Å². The number of benzene rings is 6. The first-order chi connectivity index (χ1) is 27.4. The molecule has 7 heteroatoms. The number of rotatable bonds is 4. The van der Waals surface area contributed by atoms with Gasteiger partial charge in [-0.05, 0) is 121 Å². The minimum Gasteiger partial charge on any atom is -0.308 e. The minimum absolute atomic E-state index is 0.0436. The van der Waals surface area contributed by atoms with Crippen molar-refractivity contribution in [2.45, 2.75) is 46.2 Å². The maximum atomic E-state index is 14.3. The number of allylic oxidation sites excluding steroid dienone is 1. The summed E-state index contributed by atoms with van der Waals surface area (Å²) in [5, 5.41) is 25.4. The molecule has 10 rings (SSSR count). The molecule has 0 spiro atoms. The Hall–Kier alpha value is -6.83. The van der Waals surface area contributed by atoms with Crippen LogP contribution < -0.4 is 0 Å². The van der Waals surface area contributed by atoms with Crippen LogP contribution in [0.4, 0.5) is 13.2 Å². The lowest BCUT2D eigenvalue weighted by Gasteiger charge is -2.25. The van der Waals surface area contributed by atoms with Gasteiger partial charge in [0.2, 0.25) is 0 Å². The van der Waals surface area contributed by atoms with E-state index in [1.54, 1.807) is 12.1 Å². The van der Waals surface area contributed by atoms with E-state index in [2.05, 4.69) is 104 Å². The number of hydrogen-bond acceptors (Lipinski definition) is 2. The molecule has 2 unspecified atom stereocenters. The normalized spacial score (nSPS) is 17.1. The number of nitrogens with zero attached hydrogens (tertiary/aromatic N) is 4. The van der Waals surface area contributed by atoms with Crippen LogP contribution in [0.2, 0.25) is 0 Å². The zero-order valence-electron chi connectivity index (χ0n) is 31.8. The van der Waals surface area contributed by atoms with E-state index in [1.807, 2.05) is 36.4 Å². The summed E-state index contributed by atoms with van der Waals surface area (Å²) in [7, 11) is 0. The van der Waals surface area contributed by atoms with E-state index < -0.39 is 11.7 Å². The molecule has 2 aromatic heterocycles. The minimum atomic E-state index is -4.56. The number of fused-ring (bicyclic) bond motifs is 8. The maximum Gasteiger partial charge on any atom is 0.416 e. The fraction of sp³-hybridized carbons (Fsp3) is 0.160. The third-order valence-corrected chi connectivity index (χ3v) is 12.2. The van der Waals surface area contributed by atoms with E-state index in [-0.39, 0.29) is 16.5 Å². The Labute approximate surface area is 328 Å². The van der Waals surface area contributed by atoms with Gasteiger partial charge in [-0.25, -0.2) is 0 Å². The Balaban J connectivity index is 1.44. The summed E-state index contributed by atoms with van der Waals surface area (Å²) in [6.45, 7) is 8.46. The summed E-state index contributed by atoms with van der Waals surface area (Å²) in [5.74, 6) is 0.302. The highest BCUT2D eigenvalue weighted by Crippen LogP contribution is 2.65. The van der Waals surface area contributed by atoms with Crippen LogP contribution in [0.15, 0.2) is 115 Å². The van der Waals surface area contributed by atoms with Crippen LogP contribution in [0, 0.1) is 48.8 Å². The summed E-state index contributed by atoms with van der Waals surface area (Å²) >= 11 is 0. The van der Waals surface area contributed by atoms with Gasteiger partial charge in [-0.1, -0.05) is 84.3 Å². The Morgan fingerprint density at radius 3 is 1.81 bits per heavy atom. The predicted octanol–water partition coefficient (Wildman–Crippen LogP) is 13.3. The zero-order chi connectivity index (χ0) is 39.5. The first-order valence-corrected chi connectivity index (χ1v) is 19.0. The number of hydrogen-bond donors (Lipinski definition) is 0. The van der Waals surface area contributed by atoms with Crippen LogP contribution in [0.1, 0.15) is 63.9 Å². The van der Waals surface area contributed by atoms with Crippen molar-refractivity contribution >= 4 is 38.8 Å². The van der Waals surface area contributed by atoms with Crippen LogP contribution in [0.25, 0.3) is 72.4 Å². The van der Waals surface area contributed by atoms with Crippen LogP contribution in [-0.4, -0.2) is 9.13 Å². The van der Waals surface area contributed by atoms with Gasteiger partial charge in [0.15, 0.2) is 0 Å². The van der Waals surface area contributed by atoms with E-state index in [0.29, 0.717) is 39.5 Å². The van der Waals surface area contributed by atoms with Crippen LogP contribution in [0.3, 0.4) is 0 Å². The molecular weight excluding hydrogens is 714 g/mol. The van der Waals surface area contributed by atoms with Gasteiger partial charge >= 0.3 is 6.18 Å². The highest BCUT2D eigenvalue weighted by molar-refractivity contribution is 6.11. The van der Waals surface area contributed by atoms with Gasteiger partial charge in [0.25, 0.3) is 0 Å². The second-order valence-electron chi connectivity index (χ2n) is 16.0. The summed E-state index contributed by atoms with van der Waals surface area (Å²) in [5.41, 5.74) is 11.2. The Bertz CT molecular complexity index is 3120. The van der Waals surface area contributed by atoms with Crippen LogP contribution in [-0.2, 0) is 6.18 Å². The van der Waals surface area contributed by atoms with Gasteiger partial charge < -0.3 is 9.13 Å². The van der Waals surface area contributed by atoms with E-state index in [4.69, 9.17) is 0 Å². The van der Waals surface area contributed by atoms with Gasteiger partial charge in [-0.2, -0.15) is 23.7 Å². The molecule has 276 valence electrons. The van der Waals surface area contributed by atoms with Crippen molar-refractivity contribution in [2.75, 3.05) is 0 Å². The standard InChI is InChI=1S/C50H35F3N4/c1-28-12-15-41-37(20-28)38-21-29(2)13-16-42(38)56(41)47-32(26-54)23-33(27-55)48(46(47)36-11-6-5-10-35(36)31-8-7-9-34(24-31)50(51,52)53)57-43-17-14-30(3)22-39(43)45-40-25-49(40,4)19-18-44(45)57/h5-24,40H,25H2,1-4H3. The Morgan fingerprint density at radius 2 is 1.21 bits per heavy atom. The summed E-state index contributed by atoms with van der Waals surface area (Å²) in [6, 6.07) is 38.3. The van der Waals surface area contributed by atoms with E-state index in [0.717, 1.165) is 67.6 Å². The molecule has 1 fully saturated rings. The second-order valence-corrected chi connectivity index (χ2v) is 16.0. The lowest BCUT2D eigenvalue weighted by atomic mass is 9.88. The summed E-state index contributed by atoms with van der Waals surface area (Å²) in [6.07, 6.45) is 0.896. The van der Waals surface area contributed by atoms with E-state index in [1.165, 1.54) is 17.7 Å². The molecule has 0 amide bonds.